The number of ketones is 1. The number of epoxide rings is 1. The lowest BCUT2D eigenvalue weighted by Crippen LogP contribution is -2.69. The van der Waals surface area contributed by atoms with Crippen LogP contribution in [0.2, 0.25) is 0 Å². The summed E-state index contributed by atoms with van der Waals surface area (Å²) in [6, 6.07) is 0. The molecule has 6 aliphatic rings. The van der Waals surface area contributed by atoms with E-state index < -0.39 is 46.1 Å². The molecule has 0 radical (unpaired) electrons. The maximum absolute atomic E-state index is 13.3. The summed E-state index contributed by atoms with van der Waals surface area (Å²) in [7, 11) is 0. The molecule has 194 valence electrons. The Bertz CT molecular complexity index is 1030. The van der Waals surface area contributed by atoms with Crippen LogP contribution in [0.15, 0.2) is 23.3 Å². The number of fused-ring (bicyclic) bond motifs is 4. The molecule has 0 aromatic heterocycles. The first-order valence-corrected chi connectivity index (χ1v) is 13.3. The maximum Gasteiger partial charge on any atom is 0.177 e. The van der Waals surface area contributed by atoms with Gasteiger partial charge in [0.1, 0.15) is 22.9 Å². The van der Waals surface area contributed by atoms with Crippen molar-refractivity contribution >= 4 is 5.78 Å². The molecule has 4 fully saturated rings. The first kappa shape index (κ1) is 24.3. The van der Waals surface area contributed by atoms with Crippen molar-refractivity contribution in [3.8, 4) is 0 Å². The van der Waals surface area contributed by atoms with E-state index in [1.54, 1.807) is 13.0 Å². The molecule has 0 aromatic rings. The molecule has 2 heterocycles. The van der Waals surface area contributed by atoms with Gasteiger partial charge in [0, 0.05) is 5.41 Å². The molecule has 1 saturated heterocycles. The average molecular weight is 489 g/mol. The standard InChI is InChI=1S/C28H40O7/c1-14-12-21(34-23(31)15(14)2)26(5,32)27(33)11-9-17-16-13-22-28(35-22)20(30)7-6-19(29)25(28,4)18(16)8-10-24(17,27)3/h6-7,16-18,20-23,30-33H,8-13H2,1-5H3/t16-,17-,18-,20-,21+,22+,23?,24-,25-,26-,27+,28+/m0/s1. The second-order valence-corrected chi connectivity index (χ2v) is 13.0. The van der Waals surface area contributed by atoms with E-state index >= 15 is 0 Å². The van der Waals surface area contributed by atoms with Crippen molar-refractivity contribution in [2.75, 3.05) is 0 Å². The van der Waals surface area contributed by atoms with Crippen molar-refractivity contribution < 1.29 is 34.7 Å². The van der Waals surface area contributed by atoms with Gasteiger partial charge in [-0.2, -0.15) is 0 Å². The summed E-state index contributed by atoms with van der Waals surface area (Å²) in [4.78, 5) is 13.3. The van der Waals surface area contributed by atoms with Crippen molar-refractivity contribution in [1.29, 1.82) is 0 Å². The van der Waals surface area contributed by atoms with Crippen molar-refractivity contribution in [3.05, 3.63) is 23.3 Å². The summed E-state index contributed by atoms with van der Waals surface area (Å²) < 4.78 is 12.1. The zero-order chi connectivity index (χ0) is 25.3. The molecular weight excluding hydrogens is 448 g/mol. The van der Waals surface area contributed by atoms with Gasteiger partial charge in [-0.3, -0.25) is 4.79 Å². The van der Waals surface area contributed by atoms with Gasteiger partial charge in [0.05, 0.1) is 17.6 Å². The number of hydrogen-bond acceptors (Lipinski definition) is 7. The molecule has 1 unspecified atom stereocenters. The lowest BCUT2D eigenvalue weighted by molar-refractivity contribution is -0.275. The largest absolute Gasteiger partial charge is 0.386 e. The van der Waals surface area contributed by atoms with Gasteiger partial charge >= 0.3 is 0 Å². The van der Waals surface area contributed by atoms with Gasteiger partial charge in [-0.25, -0.2) is 0 Å². The Morgan fingerprint density at radius 3 is 2.49 bits per heavy atom. The number of carbonyl (C=O) groups excluding carboxylic acids is 1. The Kier molecular flexibility index (Phi) is 4.89. The lowest BCUT2D eigenvalue weighted by atomic mass is 9.43. The Morgan fingerprint density at radius 1 is 1.11 bits per heavy atom. The van der Waals surface area contributed by atoms with E-state index in [9.17, 15) is 25.2 Å². The van der Waals surface area contributed by atoms with Crippen LogP contribution >= 0.6 is 0 Å². The van der Waals surface area contributed by atoms with E-state index in [2.05, 4.69) is 6.92 Å². The van der Waals surface area contributed by atoms with Gasteiger partial charge < -0.3 is 29.9 Å². The predicted octanol–water partition coefficient (Wildman–Crippen LogP) is 2.40. The smallest absolute Gasteiger partial charge is 0.177 e. The first-order chi connectivity index (χ1) is 16.3. The van der Waals surface area contributed by atoms with E-state index in [1.165, 1.54) is 6.08 Å². The highest BCUT2D eigenvalue weighted by atomic mass is 16.6. The number of carbonyl (C=O) groups is 1. The van der Waals surface area contributed by atoms with Gasteiger partial charge in [0.25, 0.3) is 0 Å². The van der Waals surface area contributed by atoms with Crippen LogP contribution in [0.1, 0.15) is 73.1 Å². The van der Waals surface area contributed by atoms with Crippen LogP contribution < -0.4 is 0 Å². The fourth-order valence-corrected chi connectivity index (χ4v) is 9.59. The predicted molar refractivity (Wildman–Crippen MR) is 127 cm³/mol. The lowest BCUT2D eigenvalue weighted by Gasteiger charge is -2.61. The summed E-state index contributed by atoms with van der Waals surface area (Å²) in [5.41, 5.74) is -3.40. The number of aliphatic hydroxyl groups is 4. The zero-order valence-corrected chi connectivity index (χ0v) is 21.5. The van der Waals surface area contributed by atoms with Crippen LogP contribution in [0, 0.1) is 28.6 Å². The van der Waals surface area contributed by atoms with Gasteiger partial charge in [0.2, 0.25) is 0 Å². The Hall–Kier alpha value is -1.09. The quantitative estimate of drug-likeness (QED) is 0.348. The van der Waals surface area contributed by atoms with E-state index in [0.717, 1.165) is 30.4 Å². The number of hydrogen-bond donors (Lipinski definition) is 4. The third-order valence-corrected chi connectivity index (χ3v) is 12.1. The first-order valence-electron chi connectivity index (χ1n) is 13.3. The topological polar surface area (TPSA) is 120 Å². The van der Waals surface area contributed by atoms with E-state index in [-0.39, 0.29) is 29.6 Å². The molecule has 7 heteroatoms. The summed E-state index contributed by atoms with van der Waals surface area (Å²) in [6.45, 7) is 9.51. The van der Waals surface area contributed by atoms with Crippen molar-refractivity contribution in [2.24, 2.45) is 28.6 Å². The van der Waals surface area contributed by atoms with E-state index in [1.807, 2.05) is 20.8 Å². The Labute approximate surface area is 207 Å². The maximum atomic E-state index is 13.3. The fraction of sp³-hybridized carbons (Fsp3) is 0.821. The summed E-state index contributed by atoms with van der Waals surface area (Å²) in [5, 5.41) is 45.6. The molecule has 3 saturated carbocycles. The van der Waals surface area contributed by atoms with Gasteiger partial charge in [0.15, 0.2) is 12.1 Å². The monoisotopic (exact) mass is 488 g/mol. The van der Waals surface area contributed by atoms with Gasteiger partial charge in [-0.05, 0) is 102 Å². The van der Waals surface area contributed by atoms with Crippen LogP contribution in [0.25, 0.3) is 0 Å². The number of aliphatic hydroxyl groups excluding tert-OH is 2. The van der Waals surface area contributed by atoms with Gasteiger partial charge in [-0.15, -0.1) is 0 Å². The highest BCUT2D eigenvalue weighted by Crippen LogP contribution is 2.74. The van der Waals surface area contributed by atoms with Crippen LogP contribution in [-0.2, 0) is 14.3 Å². The molecule has 35 heavy (non-hydrogen) atoms. The highest BCUT2D eigenvalue weighted by molar-refractivity contribution is 5.98. The molecule has 0 bridgehead atoms. The van der Waals surface area contributed by atoms with Crippen LogP contribution in [-0.4, -0.2) is 67.6 Å². The van der Waals surface area contributed by atoms with Crippen molar-refractivity contribution in [2.45, 2.75) is 115 Å². The van der Waals surface area contributed by atoms with E-state index in [4.69, 9.17) is 9.47 Å². The number of ether oxygens (including phenoxy) is 2. The Balaban J connectivity index is 1.34. The minimum absolute atomic E-state index is 0.0334. The third-order valence-electron chi connectivity index (χ3n) is 12.1. The normalized spacial score (nSPS) is 56.6. The third kappa shape index (κ3) is 2.60. The van der Waals surface area contributed by atoms with Crippen molar-refractivity contribution in [1.82, 2.24) is 0 Å². The highest BCUT2D eigenvalue weighted by Gasteiger charge is 2.81. The van der Waals surface area contributed by atoms with E-state index in [0.29, 0.717) is 19.3 Å². The minimum atomic E-state index is -1.57. The average Bonchev–Trinajstić information content (AvgIpc) is 3.47. The molecule has 7 nitrogen and oxygen atoms in total. The zero-order valence-electron chi connectivity index (χ0n) is 21.5. The molecular formula is C28H40O7. The molecule has 12 atom stereocenters. The van der Waals surface area contributed by atoms with Crippen LogP contribution in [0.5, 0.6) is 0 Å². The number of rotatable bonds is 2. The molecule has 0 amide bonds. The summed E-state index contributed by atoms with van der Waals surface area (Å²) in [5.74, 6) is 0.360. The molecule has 4 N–H and O–H groups in total. The molecule has 2 aliphatic heterocycles. The second kappa shape index (κ2) is 7.06. The molecule has 6 rings (SSSR count). The molecule has 1 spiro atoms. The number of allylic oxidation sites excluding steroid dienone is 1. The second-order valence-electron chi connectivity index (χ2n) is 13.0. The van der Waals surface area contributed by atoms with Crippen LogP contribution in [0.4, 0.5) is 0 Å². The minimum Gasteiger partial charge on any atom is -0.386 e. The van der Waals surface area contributed by atoms with Gasteiger partial charge in [-0.1, -0.05) is 12.5 Å². The fourth-order valence-electron chi connectivity index (χ4n) is 9.59. The summed E-state index contributed by atoms with van der Waals surface area (Å²) >= 11 is 0. The Morgan fingerprint density at radius 2 is 1.80 bits per heavy atom. The molecule has 0 aromatic carbocycles. The van der Waals surface area contributed by atoms with Crippen molar-refractivity contribution in [3.63, 3.8) is 0 Å². The van der Waals surface area contributed by atoms with Crippen LogP contribution in [0.3, 0.4) is 0 Å². The summed E-state index contributed by atoms with van der Waals surface area (Å²) in [6.07, 6.45) is 4.16. The molecule has 4 aliphatic carbocycles. The SMILES string of the molecule is CC1=C(C)C(O)O[C@@H]([C@](C)(O)[C@@]2(O)CC[C@H]3[C@@H]4C[C@H]5O[C@]56[C@@H](O)C=CC(=O)[C@]6(C)[C@H]4CC[C@@]32C)C1.